The molecule has 0 aromatic heterocycles. The molecule has 0 fully saturated rings. The minimum Gasteiger partial charge on any atom is -0.325 e. The third-order valence-corrected chi connectivity index (χ3v) is 4.50. The predicted molar refractivity (Wildman–Crippen MR) is 102 cm³/mol. The van der Waals surface area contributed by atoms with E-state index in [9.17, 15) is 9.59 Å². The van der Waals surface area contributed by atoms with Crippen LogP contribution in [0.15, 0.2) is 42.5 Å². The lowest BCUT2D eigenvalue weighted by Crippen LogP contribution is -2.39. The van der Waals surface area contributed by atoms with Crippen molar-refractivity contribution in [3.8, 4) is 0 Å². The molecule has 0 heterocycles. The average molecular weight is 338 g/mol. The Bertz CT molecular complexity index is 783. The lowest BCUT2D eigenvalue weighted by Gasteiger charge is -2.25. The number of hydrogen-bond acceptors (Lipinski definition) is 3. The van der Waals surface area contributed by atoms with E-state index in [1.54, 1.807) is 24.3 Å². The van der Waals surface area contributed by atoms with Crippen molar-refractivity contribution in [3.63, 3.8) is 0 Å². The van der Waals surface area contributed by atoms with Gasteiger partial charge in [-0.1, -0.05) is 35.9 Å². The molecular formula is C21H26N2O2. The second kappa shape index (κ2) is 8.08. The highest BCUT2D eigenvalue weighted by Gasteiger charge is 2.19. The molecule has 4 heteroatoms. The molecule has 0 unspecified atom stereocenters. The number of likely N-dealkylation sites (N-methyl/N-ethyl adjacent to an activating group) is 1. The van der Waals surface area contributed by atoms with E-state index in [1.165, 1.54) is 23.6 Å². The fraction of sp³-hybridized carbons (Fsp3) is 0.333. The molecule has 2 aromatic carbocycles. The van der Waals surface area contributed by atoms with Crippen molar-refractivity contribution < 1.29 is 9.59 Å². The van der Waals surface area contributed by atoms with Gasteiger partial charge in [-0.3, -0.25) is 14.5 Å². The summed E-state index contributed by atoms with van der Waals surface area (Å²) in [5.41, 5.74) is 4.92. The molecule has 0 aliphatic heterocycles. The zero-order valence-electron chi connectivity index (χ0n) is 15.6. The van der Waals surface area contributed by atoms with Gasteiger partial charge >= 0.3 is 0 Å². The van der Waals surface area contributed by atoms with E-state index >= 15 is 0 Å². The number of Topliss-reactive ketones (excluding diaryl/α,β-unsaturated/α-hetero) is 1. The summed E-state index contributed by atoms with van der Waals surface area (Å²) in [5.74, 6) is -0.107. The summed E-state index contributed by atoms with van der Waals surface area (Å²) in [6, 6.07) is 13.1. The fourth-order valence-electron chi connectivity index (χ4n) is 2.69. The standard InChI is InChI=1S/C21H26N2O2/c1-14-9-10-19(15(2)11-14)13-23(5)16(3)21(25)22-20-8-6-7-18(12-20)17(4)24/h6-12,16H,13H2,1-5H3,(H,22,25)/t16-/m1/s1. The van der Waals surface area contributed by atoms with E-state index in [0.717, 1.165) is 0 Å². The number of carbonyl (C=O) groups is 2. The van der Waals surface area contributed by atoms with Crippen LogP contribution >= 0.6 is 0 Å². The molecule has 0 aliphatic carbocycles. The first-order valence-electron chi connectivity index (χ1n) is 8.46. The molecule has 0 bridgehead atoms. The molecule has 132 valence electrons. The Morgan fingerprint density at radius 3 is 2.48 bits per heavy atom. The number of benzene rings is 2. The third kappa shape index (κ3) is 5.00. The topological polar surface area (TPSA) is 49.4 Å². The zero-order chi connectivity index (χ0) is 18.6. The molecule has 1 atom stereocenters. The van der Waals surface area contributed by atoms with Gasteiger partial charge in [0.1, 0.15) is 0 Å². The Hall–Kier alpha value is -2.46. The first-order chi connectivity index (χ1) is 11.8. The molecule has 1 N–H and O–H groups in total. The molecule has 25 heavy (non-hydrogen) atoms. The Morgan fingerprint density at radius 1 is 1.12 bits per heavy atom. The van der Waals surface area contributed by atoms with E-state index in [1.807, 2.05) is 18.9 Å². The number of nitrogens with one attached hydrogen (secondary N) is 1. The molecule has 4 nitrogen and oxygen atoms in total. The zero-order valence-corrected chi connectivity index (χ0v) is 15.6. The van der Waals surface area contributed by atoms with Crippen LogP contribution in [0.2, 0.25) is 0 Å². The molecule has 0 saturated heterocycles. The van der Waals surface area contributed by atoms with Gasteiger partial charge in [0.25, 0.3) is 0 Å². The van der Waals surface area contributed by atoms with Crippen LogP contribution in [-0.4, -0.2) is 29.7 Å². The summed E-state index contributed by atoms with van der Waals surface area (Å²) in [5, 5.41) is 2.89. The smallest absolute Gasteiger partial charge is 0.241 e. The minimum atomic E-state index is -0.290. The van der Waals surface area contributed by atoms with Gasteiger partial charge < -0.3 is 5.32 Å². The average Bonchev–Trinajstić information content (AvgIpc) is 2.56. The highest BCUT2D eigenvalue weighted by molar-refractivity contribution is 5.98. The molecule has 2 rings (SSSR count). The Balaban J connectivity index is 2.03. The maximum absolute atomic E-state index is 12.5. The highest BCUT2D eigenvalue weighted by atomic mass is 16.2. The van der Waals surface area contributed by atoms with Crippen LogP contribution in [0.4, 0.5) is 5.69 Å². The quantitative estimate of drug-likeness (QED) is 0.811. The van der Waals surface area contributed by atoms with E-state index in [-0.39, 0.29) is 17.7 Å². The number of rotatable bonds is 6. The largest absolute Gasteiger partial charge is 0.325 e. The number of carbonyl (C=O) groups excluding carboxylic acids is 2. The number of amides is 1. The van der Waals surface area contributed by atoms with Crippen LogP contribution in [-0.2, 0) is 11.3 Å². The summed E-state index contributed by atoms with van der Waals surface area (Å²) in [4.78, 5) is 26.0. The summed E-state index contributed by atoms with van der Waals surface area (Å²) in [6.07, 6.45) is 0. The summed E-state index contributed by atoms with van der Waals surface area (Å²) < 4.78 is 0. The lowest BCUT2D eigenvalue weighted by atomic mass is 10.0. The second-order valence-electron chi connectivity index (χ2n) is 6.65. The summed E-state index contributed by atoms with van der Waals surface area (Å²) in [6.45, 7) is 8.27. The van der Waals surface area contributed by atoms with Crippen molar-refractivity contribution in [1.82, 2.24) is 4.90 Å². The Kier molecular flexibility index (Phi) is 6.10. The molecule has 2 aromatic rings. The maximum atomic E-state index is 12.5. The van der Waals surface area contributed by atoms with Gasteiger partial charge in [-0.2, -0.15) is 0 Å². The van der Waals surface area contributed by atoms with Crippen LogP contribution in [0.5, 0.6) is 0 Å². The van der Waals surface area contributed by atoms with Crippen molar-refractivity contribution in [2.75, 3.05) is 12.4 Å². The minimum absolute atomic E-state index is 0.0175. The van der Waals surface area contributed by atoms with Gasteiger partial charge in [0.05, 0.1) is 6.04 Å². The summed E-state index contributed by atoms with van der Waals surface area (Å²) in [7, 11) is 1.94. The lowest BCUT2D eigenvalue weighted by molar-refractivity contribution is -0.120. The SMILES string of the molecule is CC(=O)c1cccc(NC(=O)[C@@H](C)N(C)Cc2ccc(C)cc2C)c1. The van der Waals surface area contributed by atoms with Crippen LogP contribution in [0, 0.1) is 13.8 Å². The normalized spacial score (nSPS) is 12.1. The number of anilines is 1. The summed E-state index contributed by atoms with van der Waals surface area (Å²) >= 11 is 0. The van der Waals surface area contributed by atoms with Crippen molar-refractivity contribution in [3.05, 3.63) is 64.7 Å². The number of hydrogen-bond donors (Lipinski definition) is 1. The van der Waals surface area contributed by atoms with Gasteiger partial charge in [-0.15, -0.1) is 0 Å². The molecule has 0 saturated carbocycles. The van der Waals surface area contributed by atoms with Gasteiger partial charge in [0, 0.05) is 17.8 Å². The van der Waals surface area contributed by atoms with Crippen LogP contribution in [0.1, 0.15) is 40.9 Å². The van der Waals surface area contributed by atoms with E-state index in [4.69, 9.17) is 0 Å². The molecular weight excluding hydrogens is 312 g/mol. The van der Waals surface area contributed by atoms with E-state index in [2.05, 4.69) is 37.4 Å². The molecule has 0 radical (unpaired) electrons. The molecule has 0 aliphatic rings. The fourth-order valence-corrected chi connectivity index (χ4v) is 2.69. The monoisotopic (exact) mass is 338 g/mol. The van der Waals surface area contributed by atoms with Crippen molar-refractivity contribution in [2.45, 2.75) is 40.3 Å². The number of ketones is 1. The van der Waals surface area contributed by atoms with Crippen molar-refractivity contribution in [2.24, 2.45) is 0 Å². The van der Waals surface area contributed by atoms with Crippen molar-refractivity contribution >= 4 is 17.4 Å². The van der Waals surface area contributed by atoms with Gasteiger partial charge in [0.15, 0.2) is 5.78 Å². The first kappa shape index (κ1) is 18.9. The van der Waals surface area contributed by atoms with Crippen LogP contribution < -0.4 is 5.32 Å². The van der Waals surface area contributed by atoms with Crippen LogP contribution in [0.3, 0.4) is 0 Å². The second-order valence-corrected chi connectivity index (χ2v) is 6.65. The third-order valence-electron chi connectivity index (χ3n) is 4.50. The predicted octanol–water partition coefficient (Wildman–Crippen LogP) is 3.97. The van der Waals surface area contributed by atoms with Gasteiger partial charge in [-0.25, -0.2) is 0 Å². The van der Waals surface area contributed by atoms with E-state index in [0.29, 0.717) is 17.8 Å². The first-order valence-corrected chi connectivity index (χ1v) is 8.46. The van der Waals surface area contributed by atoms with Gasteiger partial charge in [-0.05, 0) is 58.0 Å². The Labute approximate surface area is 149 Å². The molecule has 0 spiro atoms. The Morgan fingerprint density at radius 2 is 1.84 bits per heavy atom. The number of aryl methyl sites for hydroxylation is 2. The highest BCUT2D eigenvalue weighted by Crippen LogP contribution is 2.16. The van der Waals surface area contributed by atoms with Crippen LogP contribution in [0.25, 0.3) is 0 Å². The molecule has 1 amide bonds. The van der Waals surface area contributed by atoms with E-state index < -0.39 is 0 Å². The maximum Gasteiger partial charge on any atom is 0.241 e. The number of nitrogens with zero attached hydrogens (tertiary/aromatic N) is 1. The van der Waals surface area contributed by atoms with Crippen molar-refractivity contribution in [1.29, 1.82) is 0 Å². The van der Waals surface area contributed by atoms with Gasteiger partial charge in [0.2, 0.25) is 5.91 Å².